The number of hydrogen-bond acceptors (Lipinski definition) is 3. The normalized spacial score (nSPS) is 27.5. The van der Waals surface area contributed by atoms with Crippen LogP contribution in [-0.2, 0) is 9.53 Å². The Hall–Kier alpha value is -0.410. The number of carbonyl (C=O) groups excluding carboxylic acids is 1. The molecule has 98 valence electrons. The van der Waals surface area contributed by atoms with Gasteiger partial charge in [0.2, 0.25) is 0 Å². The van der Waals surface area contributed by atoms with Crippen molar-refractivity contribution < 1.29 is 9.53 Å². The third kappa shape index (κ3) is 3.29. The van der Waals surface area contributed by atoms with Crippen molar-refractivity contribution in [3.05, 3.63) is 0 Å². The third-order valence-electron chi connectivity index (χ3n) is 4.26. The summed E-state index contributed by atoms with van der Waals surface area (Å²) in [6.45, 7) is 4.65. The highest BCUT2D eigenvalue weighted by atomic mass is 16.5. The van der Waals surface area contributed by atoms with Crippen LogP contribution in [0.5, 0.6) is 0 Å². The molecule has 2 rings (SSSR count). The van der Waals surface area contributed by atoms with Crippen LogP contribution in [0.1, 0.15) is 51.9 Å². The van der Waals surface area contributed by atoms with Gasteiger partial charge in [-0.2, -0.15) is 0 Å². The largest absolute Gasteiger partial charge is 0.375 e. The molecule has 0 radical (unpaired) electrons. The molecule has 1 N–H and O–H groups in total. The van der Waals surface area contributed by atoms with Crippen LogP contribution in [0.2, 0.25) is 0 Å². The van der Waals surface area contributed by atoms with Gasteiger partial charge in [0.05, 0.1) is 5.60 Å². The molecular weight excluding hydrogens is 214 g/mol. The number of ketones is 1. The van der Waals surface area contributed by atoms with Gasteiger partial charge in [-0.05, 0) is 32.2 Å². The molecular formula is C14H25NO2. The van der Waals surface area contributed by atoms with Crippen molar-refractivity contribution in [2.45, 2.75) is 57.5 Å². The molecule has 2 aliphatic rings. The lowest BCUT2D eigenvalue weighted by atomic mass is 9.81. The predicted molar refractivity (Wildman–Crippen MR) is 68.0 cm³/mol. The van der Waals surface area contributed by atoms with Gasteiger partial charge in [-0.25, -0.2) is 0 Å². The van der Waals surface area contributed by atoms with Crippen LogP contribution in [0.4, 0.5) is 0 Å². The first kappa shape index (κ1) is 13.0. The van der Waals surface area contributed by atoms with E-state index in [-0.39, 0.29) is 11.5 Å². The monoisotopic (exact) mass is 239 g/mol. The summed E-state index contributed by atoms with van der Waals surface area (Å²) in [4.78, 5) is 12.1. The maximum Gasteiger partial charge on any atom is 0.137 e. The SMILES string of the molecule is CCNCCC(=O)C1CCOC2(CCCC2)C1. The Labute approximate surface area is 104 Å². The van der Waals surface area contributed by atoms with Crippen LogP contribution in [0, 0.1) is 5.92 Å². The highest BCUT2D eigenvalue weighted by molar-refractivity contribution is 5.81. The Kier molecular flexibility index (Phi) is 4.57. The summed E-state index contributed by atoms with van der Waals surface area (Å²) in [5.41, 5.74) is 0.0801. The molecule has 17 heavy (non-hydrogen) atoms. The lowest BCUT2D eigenvalue weighted by Gasteiger charge is -2.37. The van der Waals surface area contributed by atoms with E-state index in [4.69, 9.17) is 4.74 Å². The molecule has 1 aliphatic carbocycles. The van der Waals surface area contributed by atoms with Crippen LogP contribution < -0.4 is 5.32 Å². The first-order chi connectivity index (χ1) is 8.26. The molecule has 1 aliphatic heterocycles. The van der Waals surface area contributed by atoms with Gasteiger partial charge >= 0.3 is 0 Å². The average molecular weight is 239 g/mol. The fraction of sp³-hybridized carbons (Fsp3) is 0.929. The Morgan fingerprint density at radius 3 is 2.88 bits per heavy atom. The van der Waals surface area contributed by atoms with Gasteiger partial charge < -0.3 is 10.1 Å². The fourth-order valence-electron chi connectivity index (χ4n) is 3.26. The van der Waals surface area contributed by atoms with Crippen molar-refractivity contribution in [2.75, 3.05) is 19.7 Å². The van der Waals surface area contributed by atoms with E-state index in [1.807, 2.05) is 0 Å². The molecule has 0 bridgehead atoms. The molecule has 3 heteroatoms. The van der Waals surface area contributed by atoms with E-state index in [1.54, 1.807) is 0 Å². The molecule has 0 aromatic rings. The molecule has 0 aromatic carbocycles. The van der Waals surface area contributed by atoms with E-state index < -0.39 is 0 Å². The molecule has 1 unspecified atom stereocenters. The zero-order chi connectivity index (χ0) is 12.1. The first-order valence-corrected chi connectivity index (χ1v) is 7.13. The van der Waals surface area contributed by atoms with Gasteiger partial charge in [0.25, 0.3) is 0 Å². The van der Waals surface area contributed by atoms with Crippen LogP contribution in [-0.4, -0.2) is 31.1 Å². The van der Waals surface area contributed by atoms with Gasteiger partial charge in [-0.3, -0.25) is 4.79 Å². The van der Waals surface area contributed by atoms with Gasteiger partial charge in [0, 0.05) is 25.5 Å². The van der Waals surface area contributed by atoms with Crippen LogP contribution in [0.3, 0.4) is 0 Å². The Bertz CT molecular complexity index is 259. The van der Waals surface area contributed by atoms with E-state index in [9.17, 15) is 4.79 Å². The second kappa shape index (κ2) is 5.96. The Morgan fingerprint density at radius 2 is 2.18 bits per heavy atom. The molecule has 2 fully saturated rings. The van der Waals surface area contributed by atoms with Crippen LogP contribution in [0.15, 0.2) is 0 Å². The predicted octanol–water partition coefficient (Wildman–Crippen LogP) is 2.29. The van der Waals surface area contributed by atoms with Gasteiger partial charge in [-0.1, -0.05) is 19.8 Å². The van der Waals surface area contributed by atoms with Gasteiger partial charge in [-0.15, -0.1) is 0 Å². The Morgan fingerprint density at radius 1 is 1.41 bits per heavy atom. The second-order valence-corrected chi connectivity index (χ2v) is 5.50. The zero-order valence-corrected chi connectivity index (χ0v) is 11.0. The quantitative estimate of drug-likeness (QED) is 0.748. The summed E-state index contributed by atoms with van der Waals surface area (Å²) in [5.74, 6) is 0.709. The first-order valence-electron chi connectivity index (χ1n) is 7.13. The number of rotatable bonds is 5. The summed E-state index contributed by atoms with van der Waals surface area (Å²) in [5, 5.41) is 3.23. The minimum absolute atomic E-state index is 0.0801. The summed E-state index contributed by atoms with van der Waals surface area (Å²) in [7, 11) is 0. The lowest BCUT2D eigenvalue weighted by molar-refractivity contribution is -0.136. The summed E-state index contributed by atoms with van der Waals surface area (Å²) in [6.07, 6.45) is 7.50. The van der Waals surface area contributed by atoms with Gasteiger partial charge in [0.15, 0.2) is 0 Å². The minimum Gasteiger partial charge on any atom is -0.375 e. The minimum atomic E-state index is 0.0801. The topological polar surface area (TPSA) is 38.3 Å². The standard InChI is InChI=1S/C14H25NO2/c1-2-15-9-5-13(16)12-6-10-17-14(11-12)7-3-4-8-14/h12,15H,2-11H2,1H3. The van der Waals surface area contributed by atoms with Crippen LogP contribution in [0.25, 0.3) is 0 Å². The van der Waals surface area contributed by atoms with Crippen molar-refractivity contribution >= 4 is 5.78 Å². The molecule has 1 saturated carbocycles. The maximum atomic E-state index is 12.1. The summed E-state index contributed by atoms with van der Waals surface area (Å²) in [6, 6.07) is 0. The molecule has 1 spiro atoms. The van der Waals surface area contributed by atoms with E-state index in [0.29, 0.717) is 12.2 Å². The number of carbonyl (C=O) groups is 1. The molecule has 3 nitrogen and oxygen atoms in total. The third-order valence-corrected chi connectivity index (χ3v) is 4.26. The number of Topliss-reactive ketones (excluding diaryl/α,β-unsaturated/α-hetero) is 1. The smallest absolute Gasteiger partial charge is 0.137 e. The van der Waals surface area contributed by atoms with Crippen molar-refractivity contribution in [1.82, 2.24) is 5.32 Å². The molecule has 0 amide bonds. The summed E-state index contributed by atoms with van der Waals surface area (Å²) >= 11 is 0. The van der Waals surface area contributed by atoms with Gasteiger partial charge in [0.1, 0.15) is 5.78 Å². The van der Waals surface area contributed by atoms with E-state index in [2.05, 4.69) is 12.2 Å². The van der Waals surface area contributed by atoms with Crippen molar-refractivity contribution in [3.8, 4) is 0 Å². The zero-order valence-electron chi connectivity index (χ0n) is 11.0. The number of nitrogens with one attached hydrogen (secondary N) is 1. The second-order valence-electron chi connectivity index (χ2n) is 5.50. The maximum absolute atomic E-state index is 12.1. The van der Waals surface area contributed by atoms with Crippen molar-refractivity contribution in [2.24, 2.45) is 5.92 Å². The highest BCUT2D eigenvalue weighted by Crippen LogP contribution is 2.42. The molecule has 0 aromatic heterocycles. The molecule has 1 saturated heterocycles. The van der Waals surface area contributed by atoms with Crippen LogP contribution >= 0.6 is 0 Å². The summed E-state index contributed by atoms with van der Waals surface area (Å²) < 4.78 is 5.96. The lowest BCUT2D eigenvalue weighted by Crippen LogP contribution is -2.40. The number of hydrogen-bond donors (Lipinski definition) is 1. The average Bonchev–Trinajstić information content (AvgIpc) is 2.77. The molecule has 1 heterocycles. The fourth-order valence-corrected chi connectivity index (χ4v) is 3.26. The Balaban J connectivity index is 1.82. The van der Waals surface area contributed by atoms with Crippen molar-refractivity contribution in [3.63, 3.8) is 0 Å². The van der Waals surface area contributed by atoms with E-state index in [1.165, 1.54) is 25.7 Å². The number of ether oxygens (including phenoxy) is 1. The molecule has 1 atom stereocenters. The van der Waals surface area contributed by atoms with Crippen molar-refractivity contribution in [1.29, 1.82) is 0 Å². The van der Waals surface area contributed by atoms with E-state index >= 15 is 0 Å². The highest BCUT2D eigenvalue weighted by Gasteiger charge is 2.41. The van der Waals surface area contributed by atoms with E-state index in [0.717, 1.165) is 32.5 Å².